The van der Waals surface area contributed by atoms with Crippen molar-refractivity contribution < 1.29 is 14.3 Å². The van der Waals surface area contributed by atoms with Gasteiger partial charge in [-0.05, 0) is 49.4 Å². The van der Waals surface area contributed by atoms with Crippen LogP contribution >= 0.6 is 11.6 Å². The van der Waals surface area contributed by atoms with E-state index in [9.17, 15) is 14.3 Å². The summed E-state index contributed by atoms with van der Waals surface area (Å²) >= 11 is 5.89. The first-order valence-corrected chi connectivity index (χ1v) is 12.1. The molecule has 2 aromatic rings. The predicted molar refractivity (Wildman–Crippen MR) is 124 cm³/mol. The summed E-state index contributed by atoms with van der Waals surface area (Å²) in [6.07, 6.45) is 3.52. The zero-order chi connectivity index (χ0) is 23.1. The van der Waals surface area contributed by atoms with Gasteiger partial charge in [0, 0.05) is 37.8 Å². The molecule has 0 bridgehead atoms. The minimum absolute atomic E-state index is 0.0106. The van der Waals surface area contributed by atoms with Crippen LogP contribution in [0, 0.1) is 5.82 Å². The summed E-state index contributed by atoms with van der Waals surface area (Å²) in [6, 6.07) is 4.69. The number of carbonyl (C=O) groups excluding carboxylic acids is 1. The van der Waals surface area contributed by atoms with Crippen molar-refractivity contribution in [2.24, 2.45) is 0 Å². The average Bonchev–Trinajstić information content (AvgIpc) is 3.45. The van der Waals surface area contributed by atoms with Gasteiger partial charge in [0.2, 0.25) is 5.91 Å². The Labute approximate surface area is 198 Å². The molecule has 0 saturated carbocycles. The van der Waals surface area contributed by atoms with Crippen LogP contribution < -0.4 is 10.2 Å². The molecular formula is C24H29ClFN5O2. The monoisotopic (exact) mass is 473 g/mol. The van der Waals surface area contributed by atoms with Gasteiger partial charge in [-0.3, -0.25) is 4.79 Å². The Kier molecular flexibility index (Phi) is 6.24. The molecule has 4 atom stereocenters. The molecule has 33 heavy (non-hydrogen) atoms. The van der Waals surface area contributed by atoms with Gasteiger partial charge in [0.05, 0.1) is 22.7 Å². The highest BCUT2D eigenvalue weighted by Crippen LogP contribution is 2.43. The molecule has 2 saturated heterocycles. The van der Waals surface area contributed by atoms with E-state index in [2.05, 4.69) is 27.1 Å². The summed E-state index contributed by atoms with van der Waals surface area (Å²) in [7, 11) is 0. The van der Waals surface area contributed by atoms with E-state index in [-0.39, 0.29) is 22.9 Å². The molecule has 2 aliphatic heterocycles. The Morgan fingerprint density at radius 3 is 2.76 bits per heavy atom. The second kappa shape index (κ2) is 9.16. The summed E-state index contributed by atoms with van der Waals surface area (Å²) in [4.78, 5) is 26.6. The molecule has 1 aromatic heterocycles. The van der Waals surface area contributed by atoms with E-state index >= 15 is 0 Å². The van der Waals surface area contributed by atoms with Crippen molar-refractivity contribution >= 4 is 23.3 Å². The maximum absolute atomic E-state index is 14.2. The van der Waals surface area contributed by atoms with E-state index < -0.39 is 17.8 Å². The summed E-state index contributed by atoms with van der Waals surface area (Å²) in [6.45, 7) is 5.38. The number of amides is 1. The smallest absolute Gasteiger partial charge is 0.231 e. The van der Waals surface area contributed by atoms with Gasteiger partial charge in [-0.25, -0.2) is 14.4 Å². The topological polar surface area (TPSA) is 81.6 Å². The van der Waals surface area contributed by atoms with Gasteiger partial charge in [-0.2, -0.15) is 0 Å². The van der Waals surface area contributed by atoms with Crippen LogP contribution in [-0.4, -0.2) is 64.6 Å². The van der Waals surface area contributed by atoms with Crippen LogP contribution in [0.25, 0.3) is 0 Å². The number of nitrogens with zero attached hydrogens (tertiary/aromatic N) is 4. The van der Waals surface area contributed by atoms with E-state index in [0.29, 0.717) is 38.2 Å². The number of benzene rings is 1. The maximum Gasteiger partial charge on any atom is 0.231 e. The number of aliphatic hydroxyl groups is 1. The largest absolute Gasteiger partial charge is 0.387 e. The molecule has 7 nitrogen and oxygen atoms in total. The first-order valence-electron chi connectivity index (χ1n) is 11.7. The van der Waals surface area contributed by atoms with Crippen LogP contribution in [0.15, 0.2) is 24.5 Å². The number of nitrogens with one attached hydrogen (secondary N) is 1. The van der Waals surface area contributed by atoms with Crippen molar-refractivity contribution in [1.29, 1.82) is 0 Å². The minimum atomic E-state index is -0.543. The molecule has 5 rings (SSSR count). The molecule has 0 radical (unpaired) electrons. The third-order valence-electron chi connectivity index (χ3n) is 7.24. The number of halogens is 2. The molecule has 3 heterocycles. The van der Waals surface area contributed by atoms with Gasteiger partial charge in [0.15, 0.2) is 0 Å². The molecule has 1 aliphatic carbocycles. The van der Waals surface area contributed by atoms with Crippen LogP contribution in [0.5, 0.6) is 0 Å². The van der Waals surface area contributed by atoms with Gasteiger partial charge in [0.25, 0.3) is 0 Å². The van der Waals surface area contributed by atoms with Gasteiger partial charge in [-0.1, -0.05) is 24.6 Å². The number of aliphatic hydroxyl groups excluding tert-OH is 1. The Bertz CT molecular complexity index is 1040. The molecule has 0 unspecified atom stereocenters. The third-order valence-corrected chi connectivity index (χ3v) is 7.55. The number of hydrogen-bond donors (Lipinski definition) is 2. The van der Waals surface area contributed by atoms with Crippen LogP contribution in [0.4, 0.5) is 10.2 Å². The molecule has 9 heteroatoms. The van der Waals surface area contributed by atoms with Crippen molar-refractivity contribution in [3.63, 3.8) is 0 Å². The third kappa shape index (κ3) is 4.20. The fourth-order valence-corrected chi connectivity index (χ4v) is 5.66. The highest BCUT2D eigenvalue weighted by atomic mass is 35.5. The van der Waals surface area contributed by atoms with Crippen molar-refractivity contribution in [3.05, 3.63) is 52.2 Å². The van der Waals surface area contributed by atoms with Crippen LogP contribution in [-0.2, 0) is 4.79 Å². The molecule has 3 aliphatic rings. The van der Waals surface area contributed by atoms with E-state index in [0.717, 1.165) is 36.5 Å². The normalized spacial score (nSPS) is 25.9. The molecule has 2 fully saturated rings. The molecular weight excluding hydrogens is 445 g/mol. The zero-order valence-electron chi connectivity index (χ0n) is 18.7. The quantitative estimate of drug-likeness (QED) is 0.710. The summed E-state index contributed by atoms with van der Waals surface area (Å²) in [5.41, 5.74) is 2.41. The van der Waals surface area contributed by atoms with Gasteiger partial charge >= 0.3 is 0 Å². The first-order chi connectivity index (χ1) is 15.9. The van der Waals surface area contributed by atoms with E-state index in [1.54, 1.807) is 6.07 Å². The lowest BCUT2D eigenvalue weighted by Gasteiger charge is -2.38. The lowest BCUT2D eigenvalue weighted by atomic mass is 9.88. The van der Waals surface area contributed by atoms with Crippen LogP contribution in [0.2, 0.25) is 5.02 Å². The minimum Gasteiger partial charge on any atom is -0.387 e. The summed E-state index contributed by atoms with van der Waals surface area (Å²) in [5, 5.41) is 13.8. The van der Waals surface area contributed by atoms with E-state index in [1.165, 1.54) is 18.5 Å². The Morgan fingerprint density at radius 2 is 2.06 bits per heavy atom. The summed E-state index contributed by atoms with van der Waals surface area (Å²) < 4.78 is 14.2. The Balaban J connectivity index is 1.34. The number of hydrogen-bond acceptors (Lipinski definition) is 6. The number of anilines is 1. The number of fused-ring (bicyclic) bond motifs is 1. The average molecular weight is 474 g/mol. The van der Waals surface area contributed by atoms with Gasteiger partial charge < -0.3 is 20.2 Å². The standard InChI is InChI=1S/C24H29ClFN5O2/c1-14-11-19(32)22-20(14)23(29-13-28-22)30-7-9-31(10-8-30)24(33)21(18-3-2-6-27-18)15-4-5-16(25)17(26)12-15/h4-5,12-14,18-19,21,27,32H,2-3,6-11H2,1H3/t14-,18+,19-,21+/m1/s1. The van der Waals surface area contributed by atoms with Crippen LogP contribution in [0.3, 0.4) is 0 Å². The lowest BCUT2D eigenvalue weighted by molar-refractivity contribution is -0.133. The molecule has 0 spiro atoms. The van der Waals surface area contributed by atoms with Gasteiger partial charge in [0.1, 0.15) is 18.0 Å². The molecule has 1 amide bonds. The van der Waals surface area contributed by atoms with Crippen molar-refractivity contribution in [3.8, 4) is 0 Å². The summed E-state index contributed by atoms with van der Waals surface area (Å²) in [5.74, 6) is 0.147. The van der Waals surface area contributed by atoms with Crippen LogP contribution in [0.1, 0.15) is 60.9 Å². The molecule has 1 aromatic carbocycles. The second-order valence-corrected chi connectivity index (χ2v) is 9.72. The van der Waals surface area contributed by atoms with Crippen molar-refractivity contribution in [2.45, 2.75) is 50.2 Å². The van der Waals surface area contributed by atoms with Gasteiger partial charge in [-0.15, -0.1) is 0 Å². The molecule has 2 N–H and O–H groups in total. The zero-order valence-corrected chi connectivity index (χ0v) is 19.4. The van der Waals surface area contributed by atoms with Crippen molar-refractivity contribution in [2.75, 3.05) is 37.6 Å². The Morgan fingerprint density at radius 1 is 1.27 bits per heavy atom. The highest BCUT2D eigenvalue weighted by Gasteiger charge is 2.38. The lowest BCUT2D eigenvalue weighted by Crippen LogP contribution is -2.52. The highest BCUT2D eigenvalue weighted by molar-refractivity contribution is 6.30. The molecule has 176 valence electrons. The number of aromatic nitrogens is 2. The number of rotatable bonds is 4. The second-order valence-electron chi connectivity index (χ2n) is 9.32. The fourth-order valence-electron chi connectivity index (χ4n) is 5.54. The number of carbonyl (C=O) groups is 1. The number of piperazine rings is 1. The van der Waals surface area contributed by atoms with Crippen molar-refractivity contribution in [1.82, 2.24) is 20.2 Å². The van der Waals surface area contributed by atoms with E-state index in [1.807, 2.05) is 4.90 Å². The Hall–Kier alpha value is -2.29. The predicted octanol–water partition coefficient (Wildman–Crippen LogP) is 2.99. The van der Waals surface area contributed by atoms with E-state index in [4.69, 9.17) is 11.6 Å². The first kappa shape index (κ1) is 22.5. The maximum atomic E-state index is 14.2. The fraction of sp³-hybridized carbons (Fsp3) is 0.542. The SMILES string of the molecule is C[C@@H]1C[C@@H](O)c2ncnc(N3CCN(C(=O)[C@@H](c4ccc(Cl)c(F)c4)[C@@H]4CCCN4)CC3)c21.